The third kappa shape index (κ3) is 4.13. The Kier molecular flexibility index (Phi) is 6.31. The molecule has 0 aliphatic carbocycles. The molecule has 1 rings (SSSR count). The number of methoxy groups -OCH3 is 2. The van der Waals surface area contributed by atoms with E-state index in [9.17, 15) is 4.79 Å². The van der Waals surface area contributed by atoms with E-state index in [1.807, 2.05) is 26.0 Å². The van der Waals surface area contributed by atoms with Gasteiger partial charge >= 0.3 is 5.97 Å². The Bertz CT molecular complexity index is 421. The first-order chi connectivity index (χ1) is 9.55. The molecule has 1 aromatic rings. The van der Waals surface area contributed by atoms with Crippen molar-refractivity contribution >= 4 is 5.97 Å². The van der Waals surface area contributed by atoms with Gasteiger partial charge in [0.15, 0.2) is 0 Å². The van der Waals surface area contributed by atoms with Crippen LogP contribution in [0.25, 0.3) is 0 Å². The Morgan fingerprint density at radius 3 is 2.00 bits per heavy atom. The van der Waals surface area contributed by atoms with Gasteiger partial charge in [0.05, 0.1) is 20.6 Å². The first-order valence-electron chi connectivity index (χ1n) is 6.74. The van der Waals surface area contributed by atoms with E-state index in [2.05, 4.69) is 4.90 Å². The summed E-state index contributed by atoms with van der Waals surface area (Å²) in [7, 11) is 3.17. The predicted molar refractivity (Wildman–Crippen MR) is 77.5 cm³/mol. The number of carboxylic acids is 1. The van der Waals surface area contributed by atoms with E-state index in [4.69, 9.17) is 14.6 Å². The fourth-order valence-corrected chi connectivity index (χ4v) is 2.31. The highest BCUT2D eigenvalue weighted by molar-refractivity contribution is 5.68. The van der Waals surface area contributed by atoms with E-state index in [0.29, 0.717) is 11.5 Å². The Hall–Kier alpha value is -1.75. The molecule has 1 aromatic carbocycles. The summed E-state index contributed by atoms with van der Waals surface area (Å²) >= 11 is 0. The van der Waals surface area contributed by atoms with Crippen LogP contribution in [0.1, 0.15) is 31.9 Å². The number of rotatable bonds is 8. The summed E-state index contributed by atoms with van der Waals surface area (Å²) in [6.07, 6.45) is 0.0536. The van der Waals surface area contributed by atoms with E-state index in [0.717, 1.165) is 18.7 Å². The van der Waals surface area contributed by atoms with Gasteiger partial charge in [0.2, 0.25) is 0 Å². The molecule has 5 nitrogen and oxygen atoms in total. The van der Waals surface area contributed by atoms with Crippen LogP contribution < -0.4 is 9.47 Å². The number of ether oxygens (including phenoxy) is 2. The zero-order chi connectivity index (χ0) is 15.1. The number of carboxylic acid groups (broad SMARTS) is 1. The molecular weight excluding hydrogens is 258 g/mol. The smallest absolute Gasteiger partial charge is 0.305 e. The van der Waals surface area contributed by atoms with Gasteiger partial charge in [-0.15, -0.1) is 0 Å². The minimum absolute atomic E-state index is 0.0536. The Morgan fingerprint density at radius 1 is 1.15 bits per heavy atom. The maximum absolute atomic E-state index is 11.1. The Morgan fingerprint density at radius 2 is 1.65 bits per heavy atom. The lowest BCUT2D eigenvalue weighted by Gasteiger charge is -2.29. The predicted octanol–water partition coefficient (Wildman–Crippen LogP) is 2.56. The normalized spacial score (nSPS) is 12.2. The van der Waals surface area contributed by atoms with Crippen LogP contribution in [0, 0.1) is 0 Å². The third-order valence-corrected chi connectivity index (χ3v) is 3.38. The van der Waals surface area contributed by atoms with Gasteiger partial charge in [0.1, 0.15) is 11.5 Å². The topological polar surface area (TPSA) is 59.0 Å². The molecule has 1 atom stereocenters. The highest BCUT2D eigenvalue weighted by atomic mass is 16.5. The summed E-state index contributed by atoms with van der Waals surface area (Å²) in [6, 6.07) is 5.33. The maximum atomic E-state index is 11.1. The van der Waals surface area contributed by atoms with Crippen molar-refractivity contribution in [2.24, 2.45) is 0 Å². The SMILES string of the molecule is CCN(CC)C(CC(=O)O)c1cc(OC)cc(OC)c1. The van der Waals surface area contributed by atoms with Gasteiger partial charge in [-0.3, -0.25) is 9.69 Å². The Balaban J connectivity index is 3.20. The molecule has 20 heavy (non-hydrogen) atoms. The lowest BCUT2D eigenvalue weighted by molar-refractivity contribution is -0.138. The summed E-state index contributed by atoms with van der Waals surface area (Å²) < 4.78 is 10.5. The first-order valence-corrected chi connectivity index (χ1v) is 6.74. The van der Waals surface area contributed by atoms with Crippen molar-refractivity contribution in [3.8, 4) is 11.5 Å². The molecule has 0 spiro atoms. The average Bonchev–Trinajstić information content (AvgIpc) is 2.46. The van der Waals surface area contributed by atoms with E-state index < -0.39 is 5.97 Å². The maximum Gasteiger partial charge on any atom is 0.305 e. The number of benzene rings is 1. The van der Waals surface area contributed by atoms with Crippen molar-refractivity contribution < 1.29 is 19.4 Å². The fraction of sp³-hybridized carbons (Fsp3) is 0.533. The summed E-state index contributed by atoms with van der Waals surface area (Å²) in [5.41, 5.74) is 0.896. The van der Waals surface area contributed by atoms with Gasteiger partial charge in [0.25, 0.3) is 0 Å². The lowest BCUT2D eigenvalue weighted by Crippen LogP contribution is -2.30. The zero-order valence-electron chi connectivity index (χ0n) is 12.5. The molecule has 1 unspecified atom stereocenters. The van der Waals surface area contributed by atoms with E-state index in [1.54, 1.807) is 20.3 Å². The molecule has 1 N–H and O–H groups in total. The average molecular weight is 281 g/mol. The second-order valence-electron chi connectivity index (χ2n) is 4.48. The van der Waals surface area contributed by atoms with Crippen LogP contribution in [-0.4, -0.2) is 43.3 Å². The van der Waals surface area contributed by atoms with Crippen LogP contribution in [0.4, 0.5) is 0 Å². The second kappa shape index (κ2) is 7.75. The van der Waals surface area contributed by atoms with Gasteiger partial charge in [-0.2, -0.15) is 0 Å². The summed E-state index contributed by atoms with van der Waals surface area (Å²) in [5, 5.41) is 9.15. The van der Waals surface area contributed by atoms with Crippen molar-refractivity contribution in [2.45, 2.75) is 26.3 Å². The Labute approximate surface area is 120 Å². The van der Waals surface area contributed by atoms with Crippen molar-refractivity contribution in [3.63, 3.8) is 0 Å². The molecule has 0 aromatic heterocycles. The van der Waals surface area contributed by atoms with Gasteiger partial charge in [-0.1, -0.05) is 13.8 Å². The highest BCUT2D eigenvalue weighted by Gasteiger charge is 2.22. The molecule has 0 saturated carbocycles. The molecule has 0 aliphatic heterocycles. The lowest BCUT2D eigenvalue weighted by atomic mass is 10.0. The van der Waals surface area contributed by atoms with Crippen molar-refractivity contribution in [1.29, 1.82) is 0 Å². The molecule has 0 fully saturated rings. The quantitative estimate of drug-likeness (QED) is 0.793. The molecule has 0 aliphatic rings. The van der Waals surface area contributed by atoms with Gasteiger partial charge in [-0.25, -0.2) is 0 Å². The zero-order valence-corrected chi connectivity index (χ0v) is 12.5. The molecular formula is C15H23NO4. The summed E-state index contributed by atoms with van der Waals surface area (Å²) in [5.74, 6) is 0.521. The van der Waals surface area contributed by atoms with Crippen molar-refractivity contribution in [2.75, 3.05) is 27.3 Å². The molecule has 0 heterocycles. The largest absolute Gasteiger partial charge is 0.497 e. The molecule has 0 amide bonds. The molecule has 112 valence electrons. The summed E-state index contributed by atoms with van der Waals surface area (Å²) in [4.78, 5) is 13.3. The number of aliphatic carboxylic acids is 1. The molecule has 0 radical (unpaired) electrons. The number of carbonyl (C=O) groups is 1. The van der Waals surface area contributed by atoms with Crippen LogP contribution in [0.15, 0.2) is 18.2 Å². The van der Waals surface area contributed by atoms with Gasteiger partial charge in [0, 0.05) is 12.1 Å². The van der Waals surface area contributed by atoms with E-state index in [-0.39, 0.29) is 12.5 Å². The van der Waals surface area contributed by atoms with Crippen LogP contribution in [0.3, 0.4) is 0 Å². The first kappa shape index (κ1) is 16.3. The third-order valence-electron chi connectivity index (χ3n) is 3.38. The van der Waals surface area contributed by atoms with E-state index >= 15 is 0 Å². The van der Waals surface area contributed by atoms with Gasteiger partial charge < -0.3 is 14.6 Å². The van der Waals surface area contributed by atoms with Crippen molar-refractivity contribution in [3.05, 3.63) is 23.8 Å². The van der Waals surface area contributed by atoms with Crippen LogP contribution in [0.5, 0.6) is 11.5 Å². The minimum atomic E-state index is -0.816. The number of nitrogens with zero attached hydrogens (tertiary/aromatic N) is 1. The number of hydrogen-bond acceptors (Lipinski definition) is 4. The van der Waals surface area contributed by atoms with Crippen LogP contribution in [0.2, 0.25) is 0 Å². The van der Waals surface area contributed by atoms with E-state index in [1.165, 1.54) is 0 Å². The second-order valence-corrected chi connectivity index (χ2v) is 4.48. The monoisotopic (exact) mass is 281 g/mol. The van der Waals surface area contributed by atoms with Crippen molar-refractivity contribution in [1.82, 2.24) is 4.90 Å². The van der Waals surface area contributed by atoms with Crippen LogP contribution in [-0.2, 0) is 4.79 Å². The number of hydrogen-bond donors (Lipinski definition) is 1. The minimum Gasteiger partial charge on any atom is -0.497 e. The fourth-order valence-electron chi connectivity index (χ4n) is 2.31. The molecule has 0 bridgehead atoms. The summed E-state index contributed by atoms with van der Waals surface area (Å²) in [6.45, 7) is 5.62. The molecule has 5 heteroatoms. The standard InChI is InChI=1S/C15H23NO4/c1-5-16(6-2)14(10-15(17)18)11-7-12(19-3)9-13(8-11)20-4/h7-9,14H,5-6,10H2,1-4H3,(H,17,18). The van der Waals surface area contributed by atoms with Crippen LogP contribution >= 0.6 is 0 Å². The molecule has 0 saturated heterocycles. The highest BCUT2D eigenvalue weighted by Crippen LogP contribution is 2.31. The van der Waals surface area contributed by atoms with Gasteiger partial charge in [-0.05, 0) is 30.8 Å².